The van der Waals surface area contributed by atoms with Crippen LogP contribution in [0.25, 0.3) is 0 Å². The van der Waals surface area contributed by atoms with Crippen molar-refractivity contribution in [3.63, 3.8) is 0 Å². The number of hydrogen-bond donors (Lipinski definition) is 2. The fraction of sp³-hybridized carbons (Fsp3) is 0.667. The molecule has 1 fully saturated rings. The predicted octanol–water partition coefficient (Wildman–Crippen LogP) is 3.30. The summed E-state index contributed by atoms with van der Waals surface area (Å²) in [6, 6.07) is 3.76. The lowest BCUT2D eigenvalue weighted by atomic mass is 9.92. The van der Waals surface area contributed by atoms with Crippen molar-refractivity contribution in [1.82, 2.24) is 4.98 Å². The van der Waals surface area contributed by atoms with Crippen LogP contribution in [0.15, 0.2) is 12.1 Å². The van der Waals surface area contributed by atoms with Gasteiger partial charge in [0.2, 0.25) is 5.88 Å². The first-order valence-corrected chi connectivity index (χ1v) is 7.10. The van der Waals surface area contributed by atoms with Gasteiger partial charge in [0.15, 0.2) is 0 Å². The predicted molar refractivity (Wildman–Crippen MR) is 79.4 cm³/mol. The second-order valence-corrected chi connectivity index (χ2v) is 6.13. The van der Waals surface area contributed by atoms with E-state index >= 15 is 0 Å². The number of aromatic nitrogens is 1. The maximum absolute atomic E-state index is 5.86. The molecule has 0 spiro atoms. The number of ether oxygens (including phenoxy) is 1. The maximum Gasteiger partial charge on any atom is 0.239 e. The van der Waals surface area contributed by atoms with E-state index in [1.807, 2.05) is 26.0 Å². The van der Waals surface area contributed by atoms with E-state index in [1.165, 1.54) is 12.8 Å². The number of rotatable bonds is 6. The fourth-order valence-electron chi connectivity index (χ4n) is 2.25. The highest BCUT2D eigenvalue weighted by Gasteiger charge is 2.44. The molecule has 2 rings (SSSR count). The molecule has 1 heterocycles. The lowest BCUT2D eigenvalue weighted by Gasteiger charge is -2.21. The number of nitrogens with two attached hydrogens (primary N) is 1. The topological polar surface area (TPSA) is 60.2 Å². The van der Waals surface area contributed by atoms with Crippen LogP contribution in [0.4, 0.5) is 11.5 Å². The SMILES string of the molecule is CC(C)Oc1nc(NCC2(C(C)C)CC2)ccc1N. The molecule has 0 amide bonds. The van der Waals surface area contributed by atoms with Gasteiger partial charge in [-0.2, -0.15) is 4.98 Å². The summed E-state index contributed by atoms with van der Waals surface area (Å²) in [5.74, 6) is 2.08. The highest BCUT2D eigenvalue weighted by molar-refractivity contribution is 5.53. The zero-order chi connectivity index (χ0) is 14.0. The molecule has 0 bridgehead atoms. The second-order valence-electron chi connectivity index (χ2n) is 6.13. The molecule has 0 aliphatic heterocycles. The second kappa shape index (κ2) is 5.27. The molecular formula is C15H25N3O. The standard InChI is InChI=1S/C15H25N3O/c1-10(2)15(7-8-15)9-17-13-6-5-12(16)14(18-13)19-11(3)4/h5-6,10-11H,7-9,16H2,1-4H3,(H,17,18). The van der Waals surface area contributed by atoms with Crippen molar-refractivity contribution in [2.24, 2.45) is 11.3 Å². The molecule has 0 unspecified atom stereocenters. The van der Waals surface area contributed by atoms with E-state index in [-0.39, 0.29) is 6.10 Å². The molecule has 0 aromatic carbocycles. The van der Waals surface area contributed by atoms with E-state index in [2.05, 4.69) is 24.1 Å². The van der Waals surface area contributed by atoms with Crippen LogP contribution in [0, 0.1) is 11.3 Å². The highest BCUT2D eigenvalue weighted by atomic mass is 16.5. The lowest BCUT2D eigenvalue weighted by molar-refractivity contribution is 0.234. The van der Waals surface area contributed by atoms with Crippen LogP contribution >= 0.6 is 0 Å². The Balaban J connectivity index is 2.01. The normalized spacial score (nSPS) is 16.7. The molecule has 19 heavy (non-hydrogen) atoms. The van der Waals surface area contributed by atoms with E-state index < -0.39 is 0 Å². The largest absolute Gasteiger partial charge is 0.473 e. The van der Waals surface area contributed by atoms with E-state index in [4.69, 9.17) is 10.5 Å². The Morgan fingerprint density at radius 3 is 2.53 bits per heavy atom. The third kappa shape index (κ3) is 3.31. The minimum Gasteiger partial charge on any atom is -0.473 e. The van der Waals surface area contributed by atoms with Gasteiger partial charge in [0.05, 0.1) is 11.8 Å². The molecule has 1 aromatic heterocycles. The molecule has 1 aromatic rings. The molecule has 0 saturated heterocycles. The van der Waals surface area contributed by atoms with Gasteiger partial charge in [-0.05, 0) is 50.2 Å². The van der Waals surface area contributed by atoms with Gasteiger partial charge in [-0.15, -0.1) is 0 Å². The van der Waals surface area contributed by atoms with Crippen LogP contribution in [0.1, 0.15) is 40.5 Å². The Kier molecular flexibility index (Phi) is 3.88. The van der Waals surface area contributed by atoms with Crippen LogP contribution in [-0.4, -0.2) is 17.6 Å². The van der Waals surface area contributed by atoms with Crippen LogP contribution < -0.4 is 15.8 Å². The van der Waals surface area contributed by atoms with Gasteiger partial charge in [-0.1, -0.05) is 13.8 Å². The van der Waals surface area contributed by atoms with E-state index in [0.717, 1.165) is 12.4 Å². The van der Waals surface area contributed by atoms with Crippen molar-refractivity contribution in [2.75, 3.05) is 17.6 Å². The Morgan fingerprint density at radius 2 is 2.00 bits per heavy atom. The van der Waals surface area contributed by atoms with Crippen molar-refractivity contribution < 1.29 is 4.74 Å². The van der Waals surface area contributed by atoms with Gasteiger partial charge in [0.1, 0.15) is 5.82 Å². The Labute approximate surface area is 115 Å². The number of nitrogen functional groups attached to an aromatic ring is 1. The van der Waals surface area contributed by atoms with Gasteiger partial charge in [0.25, 0.3) is 0 Å². The molecule has 1 aliphatic rings. The summed E-state index contributed by atoms with van der Waals surface area (Å²) in [7, 11) is 0. The lowest BCUT2D eigenvalue weighted by Crippen LogP contribution is -2.21. The van der Waals surface area contributed by atoms with Crippen LogP contribution in [0.5, 0.6) is 5.88 Å². The van der Waals surface area contributed by atoms with Crippen molar-refractivity contribution in [1.29, 1.82) is 0 Å². The van der Waals surface area contributed by atoms with Gasteiger partial charge < -0.3 is 15.8 Å². The summed E-state index contributed by atoms with van der Waals surface area (Å²) in [5, 5.41) is 3.42. The molecule has 1 saturated carbocycles. The summed E-state index contributed by atoms with van der Waals surface area (Å²) >= 11 is 0. The quantitative estimate of drug-likeness (QED) is 0.826. The zero-order valence-corrected chi connectivity index (χ0v) is 12.4. The molecule has 0 atom stereocenters. The monoisotopic (exact) mass is 263 g/mol. The summed E-state index contributed by atoms with van der Waals surface area (Å²) in [6.45, 7) is 9.50. The zero-order valence-electron chi connectivity index (χ0n) is 12.4. The van der Waals surface area contributed by atoms with Crippen LogP contribution in [0.3, 0.4) is 0 Å². The molecule has 4 nitrogen and oxygen atoms in total. The van der Waals surface area contributed by atoms with E-state index in [0.29, 0.717) is 22.9 Å². The average Bonchev–Trinajstić information content (AvgIpc) is 3.11. The van der Waals surface area contributed by atoms with Crippen molar-refractivity contribution in [3.05, 3.63) is 12.1 Å². The maximum atomic E-state index is 5.86. The van der Waals surface area contributed by atoms with Crippen molar-refractivity contribution in [2.45, 2.75) is 46.6 Å². The summed E-state index contributed by atoms with van der Waals surface area (Å²) in [4.78, 5) is 4.44. The summed E-state index contributed by atoms with van der Waals surface area (Å²) in [6.07, 6.45) is 2.69. The first-order chi connectivity index (χ1) is 8.93. The Morgan fingerprint density at radius 1 is 1.32 bits per heavy atom. The summed E-state index contributed by atoms with van der Waals surface area (Å²) < 4.78 is 5.60. The Bertz CT molecular complexity index is 439. The third-order valence-corrected chi connectivity index (χ3v) is 3.98. The number of hydrogen-bond acceptors (Lipinski definition) is 4. The minimum absolute atomic E-state index is 0.0792. The van der Waals surface area contributed by atoms with Gasteiger partial charge in [0, 0.05) is 6.54 Å². The molecule has 0 radical (unpaired) electrons. The fourth-order valence-corrected chi connectivity index (χ4v) is 2.25. The third-order valence-electron chi connectivity index (χ3n) is 3.98. The van der Waals surface area contributed by atoms with Crippen LogP contribution in [-0.2, 0) is 0 Å². The average molecular weight is 263 g/mol. The molecule has 1 aliphatic carbocycles. The van der Waals surface area contributed by atoms with Gasteiger partial charge >= 0.3 is 0 Å². The number of anilines is 2. The molecule has 3 N–H and O–H groups in total. The molecule has 106 valence electrons. The molecular weight excluding hydrogens is 238 g/mol. The first-order valence-electron chi connectivity index (χ1n) is 7.10. The smallest absolute Gasteiger partial charge is 0.239 e. The van der Waals surface area contributed by atoms with Crippen molar-refractivity contribution in [3.8, 4) is 5.88 Å². The highest BCUT2D eigenvalue weighted by Crippen LogP contribution is 2.51. The van der Waals surface area contributed by atoms with E-state index in [9.17, 15) is 0 Å². The molecule has 4 heteroatoms. The number of nitrogens with zero attached hydrogens (tertiary/aromatic N) is 1. The van der Waals surface area contributed by atoms with Crippen LogP contribution in [0.2, 0.25) is 0 Å². The number of pyridine rings is 1. The van der Waals surface area contributed by atoms with Crippen molar-refractivity contribution >= 4 is 11.5 Å². The van der Waals surface area contributed by atoms with E-state index in [1.54, 1.807) is 0 Å². The minimum atomic E-state index is 0.0792. The summed E-state index contributed by atoms with van der Waals surface area (Å²) in [5.41, 5.74) is 6.91. The van der Waals surface area contributed by atoms with Gasteiger partial charge in [-0.3, -0.25) is 0 Å². The Hall–Kier alpha value is -1.45. The number of nitrogens with one attached hydrogen (secondary N) is 1. The van der Waals surface area contributed by atoms with Gasteiger partial charge in [-0.25, -0.2) is 0 Å². The first kappa shape index (κ1) is 14.0.